The van der Waals surface area contributed by atoms with Gasteiger partial charge in [0.15, 0.2) is 0 Å². The molecule has 1 amide bonds. The summed E-state index contributed by atoms with van der Waals surface area (Å²) in [6.07, 6.45) is 0.375. The first-order valence-electron chi connectivity index (χ1n) is 6.39. The third-order valence-electron chi connectivity index (χ3n) is 3.26. The maximum Gasteiger partial charge on any atom is 0.265 e. The van der Waals surface area contributed by atoms with Crippen LogP contribution in [0.25, 0.3) is 0 Å². The molecule has 1 aromatic carbocycles. The van der Waals surface area contributed by atoms with E-state index in [1.54, 1.807) is 12.1 Å². The number of nitriles is 1. The van der Waals surface area contributed by atoms with E-state index in [1.165, 1.54) is 0 Å². The number of likely N-dealkylation sites (N-methyl/N-ethyl adjacent to an activating group) is 1. The number of nitrogens with zero attached hydrogens (tertiary/aromatic N) is 3. The topological polar surface area (TPSA) is 59.4 Å². The molecule has 0 atom stereocenters. The summed E-state index contributed by atoms with van der Waals surface area (Å²) in [5.74, 6) is -0.0898. The van der Waals surface area contributed by atoms with E-state index in [9.17, 15) is 4.79 Å². The largest absolute Gasteiger partial charge is 0.304 e. The molecule has 1 fully saturated rings. The number of amides is 1. The van der Waals surface area contributed by atoms with Crippen LogP contribution in [-0.2, 0) is 6.42 Å². The van der Waals surface area contributed by atoms with Crippen molar-refractivity contribution in [1.82, 2.24) is 15.3 Å². The Morgan fingerprint density at radius 1 is 1.26 bits per heavy atom. The summed E-state index contributed by atoms with van der Waals surface area (Å²) in [5, 5.41) is 10.5. The average molecular weight is 258 g/mol. The molecule has 0 spiro atoms. The standard InChI is InChI=1S/C14H18N4O/c1-17-8-10-18(11-9-17)16-14(19)13-4-2-12(3-5-13)6-7-15/h2-5H,6,8-11H2,1H3,(H,16,19). The second-order valence-corrected chi connectivity index (χ2v) is 4.76. The minimum Gasteiger partial charge on any atom is -0.304 e. The molecule has 1 N–H and O–H groups in total. The molecule has 19 heavy (non-hydrogen) atoms. The monoisotopic (exact) mass is 258 g/mol. The molecule has 1 aliphatic rings. The van der Waals surface area contributed by atoms with E-state index in [1.807, 2.05) is 17.1 Å². The van der Waals surface area contributed by atoms with Crippen LogP contribution in [0.5, 0.6) is 0 Å². The van der Waals surface area contributed by atoms with E-state index in [2.05, 4.69) is 23.4 Å². The zero-order chi connectivity index (χ0) is 13.7. The molecule has 1 aromatic rings. The first-order chi connectivity index (χ1) is 9.19. The van der Waals surface area contributed by atoms with Crippen molar-refractivity contribution in [3.8, 4) is 6.07 Å². The fraction of sp³-hybridized carbons (Fsp3) is 0.429. The Labute approximate surface area is 113 Å². The van der Waals surface area contributed by atoms with Crippen molar-refractivity contribution in [3.63, 3.8) is 0 Å². The number of benzene rings is 1. The molecule has 0 bridgehead atoms. The molecular formula is C14H18N4O. The van der Waals surface area contributed by atoms with E-state index in [0.717, 1.165) is 31.7 Å². The van der Waals surface area contributed by atoms with Crippen LogP contribution >= 0.6 is 0 Å². The number of carbonyl (C=O) groups is 1. The lowest BCUT2D eigenvalue weighted by Crippen LogP contribution is -2.52. The Morgan fingerprint density at radius 2 is 1.89 bits per heavy atom. The van der Waals surface area contributed by atoms with Crippen LogP contribution in [0.2, 0.25) is 0 Å². The van der Waals surface area contributed by atoms with Crippen molar-refractivity contribution in [2.24, 2.45) is 0 Å². The SMILES string of the molecule is CN1CCN(NC(=O)c2ccc(CC#N)cc2)CC1. The number of piperazine rings is 1. The summed E-state index contributed by atoms with van der Waals surface area (Å²) >= 11 is 0. The average Bonchev–Trinajstić information content (AvgIpc) is 2.42. The first kappa shape index (κ1) is 13.5. The highest BCUT2D eigenvalue weighted by molar-refractivity contribution is 5.93. The van der Waals surface area contributed by atoms with Crippen molar-refractivity contribution >= 4 is 5.91 Å². The van der Waals surface area contributed by atoms with Crippen molar-refractivity contribution in [1.29, 1.82) is 5.26 Å². The Bertz CT molecular complexity index is 469. The van der Waals surface area contributed by atoms with E-state index in [4.69, 9.17) is 5.26 Å². The van der Waals surface area contributed by atoms with Gasteiger partial charge in [0.2, 0.25) is 0 Å². The summed E-state index contributed by atoms with van der Waals surface area (Å²) in [5.41, 5.74) is 4.46. The molecular weight excluding hydrogens is 240 g/mol. The Balaban J connectivity index is 1.91. The van der Waals surface area contributed by atoms with Crippen molar-refractivity contribution < 1.29 is 4.79 Å². The van der Waals surface area contributed by atoms with Crippen molar-refractivity contribution in [3.05, 3.63) is 35.4 Å². The minimum absolute atomic E-state index is 0.0898. The highest BCUT2D eigenvalue weighted by Crippen LogP contribution is 2.05. The summed E-state index contributed by atoms with van der Waals surface area (Å²) in [4.78, 5) is 14.3. The van der Waals surface area contributed by atoms with Gasteiger partial charge < -0.3 is 4.90 Å². The number of hydrogen-bond donors (Lipinski definition) is 1. The van der Waals surface area contributed by atoms with Crippen LogP contribution < -0.4 is 5.43 Å². The van der Waals surface area contributed by atoms with E-state index >= 15 is 0 Å². The molecule has 0 aliphatic carbocycles. The van der Waals surface area contributed by atoms with Crippen molar-refractivity contribution in [2.45, 2.75) is 6.42 Å². The van der Waals surface area contributed by atoms with Crippen LogP contribution in [0.15, 0.2) is 24.3 Å². The maximum atomic E-state index is 12.0. The van der Waals surface area contributed by atoms with Gasteiger partial charge in [0, 0.05) is 31.7 Å². The van der Waals surface area contributed by atoms with Crippen LogP contribution in [0.3, 0.4) is 0 Å². The lowest BCUT2D eigenvalue weighted by atomic mass is 10.1. The molecule has 1 heterocycles. The van der Waals surface area contributed by atoms with Gasteiger partial charge in [0.25, 0.3) is 5.91 Å². The smallest absolute Gasteiger partial charge is 0.265 e. The predicted molar refractivity (Wildman–Crippen MR) is 72.3 cm³/mol. The van der Waals surface area contributed by atoms with Gasteiger partial charge in [-0.05, 0) is 24.7 Å². The number of hydrogen-bond acceptors (Lipinski definition) is 4. The Kier molecular flexibility index (Phi) is 4.50. The molecule has 0 saturated carbocycles. The van der Waals surface area contributed by atoms with Crippen LogP contribution in [0, 0.1) is 11.3 Å². The number of hydrazine groups is 1. The van der Waals surface area contributed by atoms with Crippen molar-refractivity contribution in [2.75, 3.05) is 33.2 Å². The fourth-order valence-electron chi connectivity index (χ4n) is 1.99. The van der Waals surface area contributed by atoms with E-state index < -0.39 is 0 Å². The molecule has 2 rings (SSSR count). The zero-order valence-electron chi connectivity index (χ0n) is 11.1. The van der Waals surface area contributed by atoms with Crippen LogP contribution in [-0.4, -0.2) is 49.0 Å². The van der Waals surface area contributed by atoms with Gasteiger partial charge in [-0.15, -0.1) is 0 Å². The minimum atomic E-state index is -0.0898. The van der Waals surface area contributed by atoms with Gasteiger partial charge in [0.1, 0.15) is 0 Å². The van der Waals surface area contributed by atoms with Crippen LogP contribution in [0.1, 0.15) is 15.9 Å². The van der Waals surface area contributed by atoms with E-state index in [0.29, 0.717) is 12.0 Å². The van der Waals surface area contributed by atoms with Gasteiger partial charge in [-0.25, -0.2) is 5.01 Å². The quantitative estimate of drug-likeness (QED) is 0.864. The highest BCUT2D eigenvalue weighted by atomic mass is 16.2. The second kappa shape index (κ2) is 6.32. The van der Waals surface area contributed by atoms with Gasteiger partial charge >= 0.3 is 0 Å². The normalized spacial score (nSPS) is 16.8. The summed E-state index contributed by atoms with van der Waals surface area (Å²) < 4.78 is 0. The Hall–Kier alpha value is -1.90. The first-order valence-corrected chi connectivity index (χ1v) is 6.39. The molecule has 1 saturated heterocycles. The molecule has 0 aromatic heterocycles. The molecule has 0 unspecified atom stereocenters. The maximum absolute atomic E-state index is 12.0. The predicted octanol–water partition coefficient (Wildman–Crippen LogP) is 0.645. The molecule has 1 aliphatic heterocycles. The third-order valence-corrected chi connectivity index (χ3v) is 3.26. The lowest BCUT2D eigenvalue weighted by molar-refractivity contribution is 0.0662. The molecule has 0 radical (unpaired) electrons. The highest BCUT2D eigenvalue weighted by Gasteiger charge is 2.16. The number of nitrogens with one attached hydrogen (secondary N) is 1. The second-order valence-electron chi connectivity index (χ2n) is 4.76. The lowest BCUT2D eigenvalue weighted by Gasteiger charge is -2.32. The number of rotatable bonds is 3. The fourth-order valence-corrected chi connectivity index (χ4v) is 1.99. The summed E-state index contributed by atoms with van der Waals surface area (Å²) in [6.45, 7) is 3.60. The van der Waals surface area contributed by atoms with Gasteiger partial charge in [-0.2, -0.15) is 5.26 Å². The van der Waals surface area contributed by atoms with Gasteiger partial charge in [0.05, 0.1) is 12.5 Å². The zero-order valence-corrected chi connectivity index (χ0v) is 11.1. The number of carbonyl (C=O) groups excluding carboxylic acids is 1. The Morgan fingerprint density at radius 3 is 2.47 bits per heavy atom. The molecule has 5 heteroatoms. The van der Waals surface area contributed by atoms with Crippen LogP contribution in [0.4, 0.5) is 0 Å². The van der Waals surface area contributed by atoms with E-state index in [-0.39, 0.29) is 5.91 Å². The summed E-state index contributed by atoms with van der Waals surface area (Å²) in [7, 11) is 2.08. The third kappa shape index (κ3) is 3.78. The van der Waals surface area contributed by atoms with Gasteiger partial charge in [-0.3, -0.25) is 10.2 Å². The molecule has 5 nitrogen and oxygen atoms in total. The summed E-state index contributed by atoms with van der Waals surface area (Å²) in [6, 6.07) is 9.26. The van der Waals surface area contributed by atoms with Gasteiger partial charge in [-0.1, -0.05) is 12.1 Å². The molecule has 100 valence electrons.